The van der Waals surface area contributed by atoms with Crippen molar-refractivity contribution in [3.8, 4) is 0 Å². The van der Waals surface area contributed by atoms with Crippen molar-refractivity contribution in [2.45, 2.75) is 78.2 Å². The second-order valence-corrected chi connectivity index (χ2v) is 9.03. The molecule has 6 heteroatoms. The highest BCUT2D eigenvalue weighted by molar-refractivity contribution is 5.90. The van der Waals surface area contributed by atoms with Crippen LogP contribution in [0.2, 0.25) is 0 Å². The van der Waals surface area contributed by atoms with E-state index in [1.54, 1.807) is 0 Å². The summed E-state index contributed by atoms with van der Waals surface area (Å²) in [7, 11) is 0. The van der Waals surface area contributed by atoms with Gasteiger partial charge in [-0.25, -0.2) is 0 Å². The molecule has 0 aromatic carbocycles. The van der Waals surface area contributed by atoms with Gasteiger partial charge in [-0.15, -0.1) is 0 Å². The zero-order valence-corrected chi connectivity index (χ0v) is 17.6. The predicted octanol–water partition coefficient (Wildman–Crippen LogP) is 2.57. The summed E-state index contributed by atoms with van der Waals surface area (Å²) in [6.45, 7) is 10.7. The van der Waals surface area contributed by atoms with Gasteiger partial charge in [-0.05, 0) is 40.0 Å². The van der Waals surface area contributed by atoms with Gasteiger partial charge < -0.3 is 15.1 Å². The number of carbonyl (C=O) groups is 3. The Morgan fingerprint density at radius 2 is 1.74 bits per heavy atom. The van der Waals surface area contributed by atoms with Crippen LogP contribution >= 0.6 is 0 Å². The standard InChI is InChI=1S/C21H37N3O3/c1-5-6-7-8-11-22-19(26)16-9-12-23(13-10-16)20(27)17-14-18(25)24(15-17)21(2,3)4/h16-17H,5-15H2,1-4H3,(H,22,26). The molecule has 6 nitrogen and oxygen atoms in total. The monoisotopic (exact) mass is 379 g/mol. The van der Waals surface area contributed by atoms with Gasteiger partial charge in [0.15, 0.2) is 0 Å². The van der Waals surface area contributed by atoms with Crippen molar-refractivity contribution in [1.82, 2.24) is 15.1 Å². The normalized spacial score (nSPS) is 21.6. The van der Waals surface area contributed by atoms with Crippen LogP contribution in [0.5, 0.6) is 0 Å². The molecule has 2 heterocycles. The van der Waals surface area contributed by atoms with E-state index < -0.39 is 0 Å². The molecule has 2 aliphatic heterocycles. The largest absolute Gasteiger partial charge is 0.356 e. The van der Waals surface area contributed by atoms with Crippen molar-refractivity contribution in [2.24, 2.45) is 11.8 Å². The van der Waals surface area contributed by atoms with Crippen molar-refractivity contribution in [2.75, 3.05) is 26.2 Å². The van der Waals surface area contributed by atoms with Crippen molar-refractivity contribution in [3.05, 3.63) is 0 Å². The summed E-state index contributed by atoms with van der Waals surface area (Å²) in [6.07, 6.45) is 6.36. The Hall–Kier alpha value is -1.59. The SMILES string of the molecule is CCCCCCNC(=O)C1CCN(C(=O)C2CC(=O)N(C(C)(C)C)C2)CC1. The molecule has 2 saturated heterocycles. The molecular formula is C21H37N3O3. The molecule has 2 aliphatic rings. The van der Waals surface area contributed by atoms with E-state index in [2.05, 4.69) is 12.2 Å². The molecule has 1 unspecified atom stereocenters. The third kappa shape index (κ3) is 5.94. The van der Waals surface area contributed by atoms with Crippen molar-refractivity contribution >= 4 is 17.7 Å². The first-order chi connectivity index (χ1) is 12.7. The van der Waals surface area contributed by atoms with Gasteiger partial charge in [0.05, 0.1) is 5.92 Å². The van der Waals surface area contributed by atoms with Crippen LogP contribution in [-0.4, -0.2) is 59.2 Å². The second kappa shape index (κ2) is 9.56. The number of hydrogen-bond acceptors (Lipinski definition) is 3. The number of nitrogens with zero attached hydrogens (tertiary/aromatic N) is 2. The lowest BCUT2D eigenvalue weighted by Crippen LogP contribution is -2.46. The van der Waals surface area contributed by atoms with E-state index >= 15 is 0 Å². The fraction of sp³-hybridized carbons (Fsp3) is 0.857. The van der Waals surface area contributed by atoms with E-state index in [1.165, 1.54) is 12.8 Å². The van der Waals surface area contributed by atoms with Gasteiger partial charge >= 0.3 is 0 Å². The van der Waals surface area contributed by atoms with Gasteiger partial charge in [0.2, 0.25) is 17.7 Å². The number of carbonyl (C=O) groups excluding carboxylic acids is 3. The van der Waals surface area contributed by atoms with Crippen LogP contribution in [0, 0.1) is 11.8 Å². The van der Waals surface area contributed by atoms with Crippen LogP contribution in [0.3, 0.4) is 0 Å². The summed E-state index contributed by atoms with van der Waals surface area (Å²) in [4.78, 5) is 41.0. The van der Waals surface area contributed by atoms with Gasteiger partial charge in [0.1, 0.15) is 0 Å². The number of nitrogens with one attached hydrogen (secondary N) is 1. The third-order valence-corrected chi connectivity index (χ3v) is 5.79. The minimum Gasteiger partial charge on any atom is -0.356 e. The Morgan fingerprint density at radius 1 is 1.07 bits per heavy atom. The summed E-state index contributed by atoms with van der Waals surface area (Å²) in [5.41, 5.74) is -0.242. The highest BCUT2D eigenvalue weighted by Gasteiger charge is 2.41. The summed E-state index contributed by atoms with van der Waals surface area (Å²) in [5.74, 6) is 0.0532. The molecule has 0 radical (unpaired) electrons. The van der Waals surface area contributed by atoms with Crippen LogP contribution in [0.25, 0.3) is 0 Å². The van der Waals surface area contributed by atoms with Crippen molar-refractivity contribution in [1.29, 1.82) is 0 Å². The summed E-state index contributed by atoms with van der Waals surface area (Å²) in [6, 6.07) is 0. The van der Waals surface area contributed by atoms with Crippen LogP contribution < -0.4 is 5.32 Å². The first kappa shape index (κ1) is 21.7. The Labute approximate surface area is 164 Å². The lowest BCUT2D eigenvalue weighted by molar-refractivity contribution is -0.139. The molecule has 0 aromatic heterocycles. The number of likely N-dealkylation sites (tertiary alicyclic amines) is 2. The van der Waals surface area contributed by atoms with Crippen LogP contribution in [0.1, 0.15) is 72.6 Å². The number of piperidine rings is 1. The topological polar surface area (TPSA) is 69.7 Å². The van der Waals surface area contributed by atoms with Gasteiger partial charge in [-0.2, -0.15) is 0 Å². The van der Waals surface area contributed by atoms with E-state index in [-0.39, 0.29) is 35.1 Å². The molecule has 154 valence electrons. The highest BCUT2D eigenvalue weighted by atomic mass is 16.2. The maximum atomic E-state index is 12.8. The van der Waals surface area contributed by atoms with Crippen LogP contribution in [0.15, 0.2) is 0 Å². The van der Waals surface area contributed by atoms with E-state index in [4.69, 9.17) is 0 Å². The first-order valence-electron chi connectivity index (χ1n) is 10.6. The smallest absolute Gasteiger partial charge is 0.227 e. The lowest BCUT2D eigenvalue weighted by atomic mass is 9.94. The number of amides is 3. The molecular weight excluding hydrogens is 342 g/mol. The zero-order valence-electron chi connectivity index (χ0n) is 17.6. The Bertz CT molecular complexity index is 533. The molecule has 1 atom stereocenters. The van der Waals surface area contributed by atoms with E-state index in [0.29, 0.717) is 26.1 Å². The second-order valence-electron chi connectivity index (χ2n) is 9.03. The maximum absolute atomic E-state index is 12.8. The number of unbranched alkanes of at least 4 members (excludes halogenated alkanes) is 3. The van der Waals surface area contributed by atoms with E-state index in [1.807, 2.05) is 30.6 Å². The zero-order chi connectivity index (χ0) is 20.0. The molecule has 27 heavy (non-hydrogen) atoms. The summed E-state index contributed by atoms with van der Waals surface area (Å²) in [5, 5.41) is 3.04. The van der Waals surface area contributed by atoms with E-state index in [0.717, 1.165) is 32.2 Å². The quantitative estimate of drug-likeness (QED) is 0.691. The van der Waals surface area contributed by atoms with E-state index in [9.17, 15) is 14.4 Å². The predicted molar refractivity (Wildman–Crippen MR) is 106 cm³/mol. The fourth-order valence-electron chi connectivity index (χ4n) is 4.05. The van der Waals surface area contributed by atoms with Crippen molar-refractivity contribution < 1.29 is 14.4 Å². The van der Waals surface area contributed by atoms with Gasteiger partial charge in [0, 0.05) is 44.1 Å². The Morgan fingerprint density at radius 3 is 2.30 bits per heavy atom. The summed E-state index contributed by atoms with van der Waals surface area (Å²) < 4.78 is 0. The molecule has 1 N–H and O–H groups in total. The minimum atomic E-state index is -0.242. The molecule has 3 amide bonds. The first-order valence-corrected chi connectivity index (χ1v) is 10.6. The van der Waals surface area contributed by atoms with Gasteiger partial charge in [-0.1, -0.05) is 26.2 Å². The van der Waals surface area contributed by atoms with Gasteiger partial charge in [-0.3, -0.25) is 14.4 Å². The average molecular weight is 380 g/mol. The summed E-state index contributed by atoms with van der Waals surface area (Å²) >= 11 is 0. The Kier molecular flexibility index (Phi) is 7.68. The highest BCUT2D eigenvalue weighted by Crippen LogP contribution is 2.28. The lowest BCUT2D eigenvalue weighted by Gasteiger charge is -2.34. The molecule has 0 saturated carbocycles. The number of hydrogen-bond donors (Lipinski definition) is 1. The van der Waals surface area contributed by atoms with Crippen LogP contribution in [0.4, 0.5) is 0 Å². The van der Waals surface area contributed by atoms with Gasteiger partial charge in [0.25, 0.3) is 0 Å². The molecule has 0 aromatic rings. The van der Waals surface area contributed by atoms with Crippen LogP contribution in [-0.2, 0) is 14.4 Å². The molecule has 2 fully saturated rings. The molecule has 0 spiro atoms. The fourth-order valence-corrected chi connectivity index (χ4v) is 4.05. The minimum absolute atomic E-state index is 0.0107. The maximum Gasteiger partial charge on any atom is 0.227 e. The average Bonchev–Trinajstić information content (AvgIpc) is 3.03. The molecule has 0 aliphatic carbocycles. The molecule has 2 rings (SSSR count). The Balaban J connectivity index is 1.74. The van der Waals surface area contributed by atoms with Crippen molar-refractivity contribution in [3.63, 3.8) is 0 Å². The number of rotatable bonds is 7. The third-order valence-electron chi connectivity index (χ3n) is 5.79. The molecule has 0 bridgehead atoms.